The van der Waals surface area contributed by atoms with Gasteiger partial charge in [0, 0.05) is 12.0 Å². The van der Waals surface area contributed by atoms with Gasteiger partial charge in [-0.25, -0.2) is 0 Å². The van der Waals surface area contributed by atoms with Gasteiger partial charge in [0.1, 0.15) is 0 Å². The Bertz CT molecular complexity index is 530. The van der Waals surface area contributed by atoms with Gasteiger partial charge in [0.25, 0.3) is 0 Å². The van der Waals surface area contributed by atoms with Crippen molar-refractivity contribution in [3.05, 3.63) is 0 Å². The van der Waals surface area contributed by atoms with Gasteiger partial charge in [0.2, 0.25) is 7.75 Å². The van der Waals surface area contributed by atoms with Gasteiger partial charge in [0.15, 0.2) is 0 Å². The fraction of sp³-hybridized carbons (Fsp3) is 1.00. The van der Waals surface area contributed by atoms with Crippen LogP contribution >= 0.6 is 7.75 Å². The molecule has 1 saturated carbocycles. The lowest BCUT2D eigenvalue weighted by Gasteiger charge is -2.32. The second-order valence-corrected chi connectivity index (χ2v) is 10.2. The monoisotopic (exact) mass is 422 g/mol. The largest absolute Gasteiger partial charge is 0.766 e. The Hall–Kier alpha value is -0.0500. The van der Waals surface area contributed by atoms with Gasteiger partial charge in [-0.3, -0.25) is 9.65 Å². The number of hydrogen-bond acceptors (Lipinski definition) is 7. The van der Waals surface area contributed by atoms with Crippen LogP contribution in [0.4, 0.5) is 0 Å². The van der Waals surface area contributed by atoms with Crippen LogP contribution in [0.5, 0.6) is 0 Å². The predicted octanol–water partition coefficient (Wildman–Crippen LogP) is 1.84. The van der Waals surface area contributed by atoms with Crippen LogP contribution in [0.25, 0.3) is 0 Å². The molecule has 2 aliphatic rings. The summed E-state index contributed by atoms with van der Waals surface area (Å²) in [6.45, 7) is 11.8. The topological polar surface area (TPSA) is 109 Å². The van der Waals surface area contributed by atoms with Gasteiger partial charge < -0.3 is 28.7 Å². The Labute approximate surface area is 168 Å². The van der Waals surface area contributed by atoms with Crippen LogP contribution in [0.15, 0.2) is 0 Å². The first-order valence-corrected chi connectivity index (χ1v) is 11.9. The van der Waals surface area contributed by atoms with E-state index in [1.807, 2.05) is 41.5 Å². The Morgan fingerprint density at radius 2 is 1.86 bits per heavy atom. The van der Waals surface area contributed by atoms with E-state index < -0.39 is 19.9 Å². The first kappa shape index (κ1) is 24.2. The summed E-state index contributed by atoms with van der Waals surface area (Å²) in [7, 11) is -4.31. The minimum atomic E-state index is -4.31. The molecular formula is C19H37NO7P-. The van der Waals surface area contributed by atoms with Crippen molar-refractivity contribution >= 4 is 7.75 Å². The third kappa shape index (κ3) is 7.03. The minimum absolute atomic E-state index is 0.000946. The van der Waals surface area contributed by atoms with E-state index in [2.05, 4.69) is 5.09 Å². The van der Waals surface area contributed by atoms with Gasteiger partial charge in [-0.2, -0.15) is 0 Å². The molecule has 9 heteroatoms. The molecule has 0 aromatic rings. The lowest BCUT2D eigenvalue weighted by Crippen LogP contribution is -2.41. The van der Waals surface area contributed by atoms with Crippen LogP contribution in [-0.4, -0.2) is 61.0 Å². The Morgan fingerprint density at radius 1 is 1.18 bits per heavy atom. The van der Waals surface area contributed by atoms with Crippen LogP contribution in [-0.2, 0) is 23.3 Å². The summed E-state index contributed by atoms with van der Waals surface area (Å²) in [4.78, 5) is 12.5. The molecule has 0 bridgehead atoms. The van der Waals surface area contributed by atoms with Crippen molar-refractivity contribution in [3.63, 3.8) is 0 Å². The molecule has 0 spiro atoms. The van der Waals surface area contributed by atoms with Gasteiger partial charge in [-0.1, -0.05) is 6.92 Å². The quantitative estimate of drug-likeness (QED) is 0.514. The normalized spacial score (nSPS) is 38.4. The van der Waals surface area contributed by atoms with Crippen molar-refractivity contribution in [2.24, 2.45) is 11.8 Å². The number of hydrogen-bond donors (Lipinski definition) is 2. The molecule has 166 valence electrons. The molecule has 8 atom stereocenters. The summed E-state index contributed by atoms with van der Waals surface area (Å²) in [5, 5.41) is 13.0. The molecule has 28 heavy (non-hydrogen) atoms. The average molecular weight is 422 g/mol. The van der Waals surface area contributed by atoms with Crippen LogP contribution in [0.2, 0.25) is 0 Å². The highest BCUT2D eigenvalue weighted by Crippen LogP contribution is 2.40. The molecule has 8 nitrogen and oxygen atoms in total. The first-order chi connectivity index (χ1) is 13.0. The van der Waals surface area contributed by atoms with Crippen molar-refractivity contribution in [3.8, 4) is 0 Å². The number of rotatable bonds is 10. The fourth-order valence-electron chi connectivity index (χ4n) is 4.00. The number of aliphatic hydroxyl groups is 1. The van der Waals surface area contributed by atoms with Crippen LogP contribution < -0.4 is 9.98 Å². The molecule has 0 amide bonds. The summed E-state index contributed by atoms with van der Waals surface area (Å²) in [6, 6.07) is -0.396. The average Bonchev–Trinajstić information content (AvgIpc) is 3.02. The third-order valence-electron chi connectivity index (χ3n) is 5.35. The predicted molar refractivity (Wildman–Crippen MR) is 104 cm³/mol. The van der Waals surface area contributed by atoms with Crippen molar-refractivity contribution in [1.82, 2.24) is 5.09 Å². The van der Waals surface area contributed by atoms with Crippen LogP contribution in [0, 0.1) is 11.8 Å². The molecule has 1 aliphatic heterocycles. The maximum absolute atomic E-state index is 12.5. The highest BCUT2D eigenvalue weighted by atomic mass is 31.2. The number of nitrogens with one attached hydrogen (secondary N) is 1. The van der Waals surface area contributed by atoms with Crippen LogP contribution in [0.1, 0.15) is 54.4 Å². The maximum atomic E-state index is 12.5. The van der Waals surface area contributed by atoms with Gasteiger partial charge in [-0.05, 0) is 53.4 Å². The minimum Gasteiger partial charge on any atom is -0.766 e. The summed E-state index contributed by atoms with van der Waals surface area (Å²) < 4.78 is 35.0. The van der Waals surface area contributed by atoms with E-state index >= 15 is 0 Å². The SMILES string of the molecule is CC(C)OCC1OC(C)CC1NP(=O)([O-])OCC1C(OC(C)C)CC(C)C1O. The Kier molecular flexibility index (Phi) is 8.92. The van der Waals surface area contributed by atoms with Crippen molar-refractivity contribution < 1.29 is 33.3 Å². The van der Waals surface area contributed by atoms with E-state index in [0.29, 0.717) is 19.4 Å². The zero-order valence-corrected chi connectivity index (χ0v) is 18.8. The molecule has 2 fully saturated rings. The molecule has 2 N–H and O–H groups in total. The smallest absolute Gasteiger partial charge is 0.204 e. The summed E-state index contributed by atoms with van der Waals surface area (Å²) in [5.74, 6) is -0.335. The lowest BCUT2D eigenvalue weighted by molar-refractivity contribution is -0.206. The third-order valence-corrected chi connectivity index (χ3v) is 6.48. The van der Waals surface area contributed by atoms with Crippen molar-refractivity contribution in [2.75, 3.05) is 13.2 Å². The molecular weight excluding hydrogens is 385 g/mol. The zero-order chi connectivity index (χ0) is 21.1. The molecule has 1 saturated heterocycles. The molecule has 0 radical (unpaired) electrons. The standard InChI is InChI=1S/C19H38NO7P/c1-11(2)24-10-18-16(8-14(6)27-18)20-28(22,23)25-9-15-17(26-12(3)4)7-13(5)19(15)21/h11-19,21H,7-10H2,1-6H3,(H2,20,22,23)/p-1. The highest BCUT2D eigenvalue weighted by Gasteiger charge is 2.42. The second kappa shape index (κ2) is 10.3. The molecule has 8 unspecified atom stereocenters. The van der Waals surface area contributed by atoms with Crippen LogP contribution in [0.3, 0.4) is 0 Å². The Balaban J connectivity index is 1.92. The molecule has 0 aromatic carbocycles. The number of ether oxygens (including phenoxy) is 3. The number of aliphatic hydroxyl groups excluding tert-OH is 1. The summed E-state index contributed by atoms with van der Waals surface area (Å²) >= 11 is 0. The van der Waals surface area contributed by atoms with Gasteiger partial charge in [0.05, 0.1) is 49.8 Å². The van der Waals surface area contributed by atoms with E-state index in [1.165, 1.54) is 0 Å². The second-order valence-electron chi connectivity index (χ2n) is 8.72. The Morgan fingerprint density at radius 3 is 2.46 bits per heavy atom. The molecule has 0 aromatic heterocycles. The van der Waals surface area contributed by atoms with Gasteiger partial charge >= 0.3 is 0 Å². The summed E-state index contributed by atoms with van der Waals surface area (Å²) in [6.07, 6.45) is 0.0196. The molecule has 2 rings (SSSR count). The van der Waals surface area contributed by atoms with E-state index in [0.717, 1.165) is 0 Å². The van der Waals surface area contributed by atoms with Crippen molar-refractivity contribution in [1.29, 1.82) is 0 Å². The first-order valence-electron chi connectivity index (χ1n) is 10.3. The molecule has 1 aliphatic carbocycles. The highest BCUT2D eigenvalue weighted by molar-refractivity contribution is 7.49. The van der Waals surface area contributed by atoms with E-state index in [-0.39, 0.29) is 49.0 Å². The maximum Gasteiger partial charge on any atom is 0.204 e. The van der Waals surface area contributed by atoms with Gasteiger partial charge in [-0.15, -0.1) is 0 Å². The fourth-order valence-corrected chi connectivity index (χ4v) is 5.12. The van der Waals surface area contributed by atoms with E-state index in [9.17, 15) is 14.6 Å². The lowest BCUT2D eigenvalue weighted by atomic mass is 10.0. The van der Waals surface area contributed by atoms with E-state index in [4.69, 9.17) is 18.7 Å². The zero-order valence-electron chi connectivity index (χ0n) is 17.9. The van der Waals surface area contributed by atoms with E-state index in [1.54, 1.807) is 0 Å². The van der Waals surface area contributed by atoms with Crippen molar-refractivity contribution in [2.45, 2.75) is 97.0 Å². The molecule has 1 heterocycles. The summed E-state index contributed by atoms with van der Waals surface area (Å²) in [5.41, 5.74) is 0.